The molecule has 3 aromatic rings. The molecule has 1 saturated heterocycles. The van der Waals surface area contributed by atoms with Gasteiger partial charge in [0.25, 0.3) is 0 Å². The van der Waals surface area contributed by atoms with E-state index in [1.165, 1.54) is 11.9 Å². The summed E-state index contributed by atoms with van der Waals surface area (Å²) in [6, 6.07) is 13.7. The Hall–Kier alpha value is -5.20. The van der Waals surface area contributed by atoms with Gasteiger partial charge in [0.15, 0.2) is 0 Å². The molecule has 1 aliphatic heterocycles. The van der Waals surface area contributed by atoms with Crippen molar-refractivity contribution in [2.24, 2.45) is 11.8 Å². The zero-order valence-electron chi connectivity index (χ0n) is 31.6. The zero-order valence-corrected chi connectivity index (χ0v) is 31.6. The lowest BCUT2D eigenvalue weighted by atomic mass is 9.84. The van der Waals surface area contributed by atoms with E-state index in [4.69, 9.17) is 0 Å². The van der Waals surface area contributed by atoms with Gasteiger partial charge in [-0.1, -0.05) is 87.6 Å². The topological polar surface area (TPSA) is 182 Å². The number of nitrogens with zero attached hydrogens (tertiary/aromatic N) is 1. The third-order valence-electron chi connectivity index (χ3n) is 10.8. The van der Waals surface area contributed by atoms with E-state index in [2.05, 4.69) is 31.6 Å². The zero-order chi connectivity index (χ0) is 38.6. The lowest BCUT2D eigenvalue weighted by Crippen LogP contribution is -2.58. The molecule has 13 heteroatoms. The minimum Gasteiger partial charge on any atom is -0.361 e. The molecule has 0 bridgehead atoms. The highest BCUT2D eigenvalue weighted by molar-refractivity contribution is 5.96. The van der Waals surface area contributed by atoms with Crippen LogP contribution in [0.25, 0.3) is 10.9 Å². The summed E-state index contributed by atoms with van der Waals surface area (Å²) in [5, 5.41) is 14.7. The number of likely N-dealkylation sites (N-methyl/N-ethyl adjacent to an activating group) is 1. The maximum absolute atomic E-state index is 14.2. The predicted octanol–water partition coefficient (Wildman–Crippen LogP) is 2.89. The van der Waals surface area contributed by atoms with Gasteiger partial charge in [-0.2, -0.15) is 0 Å². The van der Waals surface area contributed by atoms with E-state index in [0.29, 0.717) is 32.2 Å². The second-order valence-electron chi connectivity index (χ2n) is 14.8. The first kappa shape index (κ1) is 40.0. The molecule has 1 saturated carbocycles. The fourth-order valence-corrected chi connectivity index (χ4v) is 7.67. The van der Waals surface area contributed by atoms with Crippen molar-refractivity contribution in [2.45, 2.75) is 102 Å². The van der Waals surface area contributed by atoms with Gasteiger partial charge in [0.1, 0.15) is 24.2 Å². The van der Waals surface area contributed by atoms with Crippen LogP contribution in [0.1, 0.15) is 76.3 Å². The summed E-state index contributed by atoms with van der Waals surface area (Å²) in [4.78, 5) is 85.1. The fraction of sp³-hybridized carbons (Fsp3) is 0.512. The molecule has 1 aromatic heterocycles. The first-order chi connectivity index (χ1) is 26.0. The number of aromatic nitrogens is 1. The van der Waals surface area contributed by atoms with Crippen molar-refractivity contribution in [2.75, 3.05) is 20.1 Å². The highest BCUT2D eigenvalue weighted by atomic mass is 16.2. The molecule has 5 atom stereocenters. The van der Waals surface area contributed by atoms with Gasteiger partial charge in [-0.3, -0.25) is 28.8 Å². The molecular formula is C41H55N7O6. The molecule has 0 radical (unpaired) electrons. The number of H-pyrrole nitrogens is 1. The third-order valence-corrected chi connectivity index (χ3v) is 10.8. The average molecular weight is 742 g/mol. The van der Waals surface area contributed by atoms with Gasteiger partial charge >= 0.3 is 0 Å². The molecule has 6 N–H and O–H groups in total. The lowest BCUT2D eigenvalue weighted by Gasteiger charge is -2.31. The minimum atomic E-state index is -1.04. The van der Waals surface area contributed by atoms with Gasteiger partial charge in [-0.25, -0.2) is 0 Å². The van der Waals surface area contributed by atoms with E-state index in [1.54, 1.807) is 13.1 Å². The van der Waals surface area contributed by atoms with E-state index >= 15 is 0 Å². The van der Waals surface area contributed by atoms with E-state index in [1.807, 2.05) is 61.5 Å². The SMILES string of the molecule is CNC(=O)CNC(=O)[C@H](Cc1c[nH]c2ccccc12)NC(=O)[C@@H](CC1CCCCC1)NC(=O)[C@@H]1CCCN1C(=O)[C@H](C)NC(=O)[C@@H](C)Cc1ccccc1. The number of para-hydroxylation sites is 1. The summed E-state index contributed by atoms with van der Waals surface area (Å²) in [7, 11) is 1.47. The van der Waals surface area contributed by atoms with Crippen LogP contribution in [0.5, 0.6) is 0 Å². The van der Waals surface area contributed by atoms with Crippen molar-refractivity contribution < 1.29 is 28.8 Å². The first-order valence-electron chi connectivity index (χ1n) is 19.3. The van der Waals surface area contributed by atoms with Crippen LogP contribution in [0.3, 0.4) is 0 Å². The predicted molar refractivity (Wildman–Crippen MR) is 206 cm³/mol. The Morgan fingerprint density at radius 3 is 2.24 bits per heavy atom. The van der Waals surface area contributed by atoms with Crippen LogP contribution in [0.2, 0.25) is 0 Å². The number of carbonyl (C=O) groups excluding carboxylic acids is 6. The molecule has 1 aliphatic carbocycles. The second kappa shape index (κ2) is 19.2. The van der Waals surface area contributed by atoms with Crippen molar-refractivity contribution in [1.82, 2.24) is 36.5 Å². The first-order valence-corrected chi connectivity index (χ1v) is 19.3. The number of amides is 6. The van der Waals surface area contributed by atoms with Gasteiger partial charge in [-0.05, 0) is 55.7 Å². The van der Waals surface area contributed by atoms with Gasteiger partial charge in [-0.15, -0.1) is 0 Å². The largest absolute Gasteiger partial charge is 0.361 e. The molecule has 2 aliphatic rings. The standard InChI is InChI=1S/C41H55N7O6/c1-26(21-28-13-6-4-7-14-28)37(50)45-27(2)41(54)48-20-12-19-35(48)40(53)47-33(22-29-15-8-5-9-16-29)39(52)46-34(38(51)44-25-36(49)42-3)23-30-24-43-32-18-11-10-17-31(30)32/h4,6-7,10-11,13-14,17-18,24,26-27,29,33-35,43H,5,8-9,12,15-16,19-23,25H2,1-3H3,(H,42,49)(H,44,51)(H,45,50)(H,46,52)(H,47,53)/t26-,27-,33+,34-,35-/m0/s1. The maximum atomic E-state index is 14.2. The Labute approximate surface area is 317 Å². The Balaban J connectivity index is 1.28. The number of benzene rings is 2. The number of fused-ring (bicyclic) bond motifs is 1. The highest BCUT2D eigenvalue weighted by Crippen LogP contribution is 2.28. The van der Waals surface area contributed by atoms with Gasteiger partial charge in [0.2, 0.25) is 35.4 Å². The molecule has 2 aromatic carbocycles. The van der Waals surface area contributed by atoms with Gasteiger partial charge in [0.05, 0.1) is 6.54 Å². The van der Waals surface area contributed by atoms with Crippen molar-refractivity contribution in [3.8, 4) is 0 Å². The van der Waals surface area contributed by atoms with E-state index in [-0.39, 0.29) is 42.5 Å². The van der Waals surface area contributed by atoms with Crippen molar-refractivity contribution in [1.29, 1.82) is 0 Å². The van der Waals surface area contributed by atoms with Crippen molar-refractivity contribution in [3.05, 3.63) is 71.9 Å². The normalized spacial score (nSPS) is 18.2. The molecule has 0 spiro atoms. The van der Waals surface area contributed by atoms with Crippen molar-refractivity contribution >= 4 is 46.3 Å². The van der Waals surface area contributed by atoms with Crippen LogP contribution < -0.4 is 26.6 Å². The number of carbonyl (C=O) groups is 6. The maximum Gasteiger partial charge on any atom is 0.245 e. The molecular weight excluding hydrogens is 686 g/mol. The smallest absolute Gasteiger partial charge is 0.245 e. The number of aromatic amines is 1. The summed E-state index contributed by atoms with van der Waals surface area (Å²) < 4.78 is 0. The molecule has 6 amide bonds. The van der Waals surface area contributed by atoms with Crippen LogP contribution in [0.15, 0.2) is 60.8 Å². The van der Waals surface area contributed by atoms with E-state index in [9.17, 15) is 28.8 Å². The summed E-state index contributed by atoms with van der Waals surface area (Å²) in [6.07, 6.45) is 8.96. The average Bonchev–Trinajstić information content (AvgIpc) is 3.84. The molecule has 54 heavy (non-hydrogen) atoms. The third kappa shape index (κ3) is 10.7. The Bertz CT molecular complexity index is 1770. The Morgan fingerprint density at radius 1 is 0.778 bits per heavy atom. The number of rotatable bonds is 16. The Kier molecular flexibility index (Phi) is 14.2. The highest BCUT2D eigenvalue weighted by Gasteiger charge is 2.39. The summed E-state index contributed by atoms with van der Waals surface area (Å²) >= 11 is 0. The number of hydrogen-bond donors (Lipinski definition) is 6. The van der Waals surface area contributed by atoms with Crippen molar-refractivity contribution in [3.63, 3.8) is 0 Å². The van der Waals surface area contributed by atoms with Gasteiger partial charge < -0.3 is 36.5 Å². The van der Waals surface area contributed by atoms with Crippen LogP contribution in [0, 0.1) is 11.8 Å². The molecule has 0 unspecified atom stereocenters. The summed E-state index contributed by atoms with van der Waals surface area (Å²) in [5.41, 5.74) is 2.72. The summed E-state index contributed by atoms with van der Waals surface area (Å²) in [6.45, 7) is 3.55. The molecule has 290 valence electrons. The van der Waals surface area contributed by atoms with Gasteiger partial charge in [0, 0.05) is 43.0 Å². The lowest BCUT2D eigenvalue weighted by molar-refractivity contribution is -0.142. The number of hydrogen-bond acceptors (Lipinski definition) is 6. The van der Waals surface area contributed by atoms with Crippen LogP contribution in [-0.4, -0.2) is 89.6 Å². The number of likely N-dealkylation sites (tertiary alicyclic amines) is 1. The second-order valence-corrected chi connectivity index (χ2v) is 14.8. The van der Waals surface area contributed by atoms with E-state index < -0.39 is 41.9 Å². The molecule has 2 heterocycles. The summed E-state index contributed by atoms with van der Waals surface area (Å²) in [5.74, 6) is -2.60. The molecule has 2 fully saturated rings. The quantitative estimate of drug-likeness (QED) is 0.131. The van der Waals surface area contributed by atoms with Crippen LogP contribution >= 0.6 is 0 Å². The van der Waals surface area contributed by atoms with Crippen LogP contribution in [0.4, 0.5) is 0 Å². The molecule has 13 nitrogen and oxygen atoms in total. The monoisotopic (exact) mass is 741 g/mol. The number of nitrogens with one attached hydrogen (secondary N) is 6. The minimum absolute atomic E-state index is 0.151. The molecule has 5 rings (SSSR count). The fourth-order valence-electron chi connectivity index (χ4n) is 7.67. The van der Waals surface area contributed by atoms with Crippen LogP contribution in [-0.2, 0) is 41.6 Å². The Morgan fingerprint density at radius 2 is 1.50 bits per heavy atom. The van der Waals surface area contributed by atoms with E-state index in [0.717, 1.165) is 54.1 Å².